The minimum atomic E-state index is -0.524. The number of hydrazone groups is 1. The molecule has 2 rings (SSSR count). The average molecular weight is 327 g/mol. The molecule has 0 aromatic heterocycles. The average Bonchev–Trinajstić information content (AvgIpc) is 2.59. The number of nitrogens with one attached hydrogen (secondary N) is 1. The van der Waals surface area contributed by atoms with Gasteiger partial charge in [-0.25, -0.2) is 5.43 Å². The van der Waals surface area contributed by atoms with Gasteiger partial charge in [-0.1, -0.05) is 30.3 Å². The van der Waals surface area contributed by atoms with Crippen molar-refractivity contribution in [3.63, 3.8) is 0 Å². The van der Waals surface area contributed by atoms with Crippen molar-refractivity contribution in [1.29, 1.82) is 0 Å². The minimum absolute atomic E-state index is 0.153. The Morgan fingerprint density at radius 3 is 2.58 bits per heavy atom. The molecule has 0 bridgehead atoms. The molecule has 7 nitrogen and oxygen atoms in total. The lowest BCUT2D eigenvalue weighted by atomic mass is 10.1. The number of hydrogen-bond donors (Lipinski definition) is 1. The standard InChI is InChI=1S/C17H17N3O4/c1-12(14-8-9-16(24-2)15(11-14)20(22)23)18-19-17(21)10-13-6-4-3-5-7-13/h3-9,11H,10H2,1-2H3,(H,19,21)/b18-12-. The van der Waals surface area contributed by atoms with Crippen molar-refractivity contribution in [3.8, 4) is 5.75 Å². The zero-order valence-corrected chi connectivity index (χ0v) is 13.4. The largest absolute Gasteiger partial charge is 0.490 e. The number of hydrogen-bond acceptors (Lipinski definition) is 5. The molecule has 2 aromatic carbocycles. The van der Waals surface area contributed by atoms with Crippen molar-refractivity contribution in [2.24, 2.45) is 5.10 Å². The van der Waals surface area contributed by atoms with Crippen LogP contribution < -0.4 is 10.2 Å². The van der Waals surface area contributed by atoms with Crippen molar-refractivity contribution in [2.75, 3.05) is 7.11 Å². The predicted molar refractivity (Wildman–Crippen MR) is 90.1 cm³/mol. The van der Waals surface area contributed by atoms with Crippen LogP contribution in [0.2, 0.25) is 0 Å². The Kier molecular flexibility index (Phi) is 5.62. The second kappa shape index (κ2) is 7.87. The maximum atomic E-state index is 11.9. The Bertz CT molecular complexity index is 773. The van der Waals surface area contributed by atoms with Crippen LogP contribution in [-0.4, -0.2) is 23.7 Å². The summed E-state index contributed by atoms with van der Waals surface area (Å²) in [6, 6.07) is 13.8. The third-order valence-corrected chi connectivity index (χ3v) is 3.35. The van der Waals surface area contributed by atoms with Gasteiger partial charge in [0.25, 0.3) is 0 Å². The van der Waals surface area contributed by atoms with E-state index in [4.69, 9.17) is 4.74 Å². The van der Waals surface area contributed by atoms with Gasteiger partial charge in [-0.05, 0) is 24.6 Å². The molecule has 0 aliphatic rings. The first kappa shape index (κ1) is 17.1. The maximum Gasteiger partial charge on any atom is 0.311 e. The summed E-state index contributed by atoms with van der Waals surface area (Å²) >= 11 is 0. The minimum Gasteiger partial charge on any atom is -0.490 e. The van der Waals surface area contributed by atoms with Crippen LogP contribution in [0.15, 0.2) is 53.6 Å². The fraction of sp³-hybridized carbons (Fsp3) is 0.176. The Balaban J connectivity index is 2.09. The van der Waals surface area contributed by atoms with E-state index < -0.39 is 4.92 Å². The number of carbonyl (C=O) groups is 1. The van der Waals surface area contributed by atoms with Crippen LogP contribution in [0.4, 0.5) is 5.69 Å². The first-order chi connectivity index (χ1) is 11.5. The molecular weight excluding hydrogens is 310 g/mol. The Labute approximate surface area is 139 Å². The van der Waals surface area contributed by atoms with Crippen LogP contribution in [0.1, 0.15) is 18.1 Å². The van der Waals surface area contributed by atoms with E-state index in [1.807, 2.05) is 30.3 Å². The summed E-state index contributed by atoms with van der Waals surface area (Å²) in [4.78, 5) is 22.4. The number of nitro benzene ring substituents is 1. The third-order valence-electron chi connectivity index (χ3n) is 3.35. The smallest absolute Gasteiger partial charge is 0.311 e. The van der Waals surface area contributed by atoms with E-state index in [0.717, 1.165) is 5.56 Å². The first-order valence-corrected chi connectivity index (χ1v) is 7.21. The summed E-state index contributed by atoms with van der Waals surface area (Å²) in [7, 11) is 1.37. The molecule has 0 aliphatic carbocycles. The van der Waals surface area contributed by atoms with Gasteiger partial charge in [0.1, 0.15) is 0 Å². The molecule has 0 unspecified atom stereocenters. The molecule has 0 saturated carbocycles. The van der Waals surface area contributed by atoms with E-state index in [1.165, 1.54) is 19.2 Å². The molecule has 1 N–H and O–H groups in total. The SMILES string of the molecule is COc1ccc(/C(C)=N\NC(=O)Cc2ccccc2)cc1[N+](=O)[O-]. The van der Waals surface area contributed by atoms with Crippen LogP contribution in [0.3, 0.4) is 0 Å². The van der Waals surface area contributed by atoms with Gasteiger partial charge in [0.15, 0.2) is 5.75 Å². The highest BCUT2D eigenvalue weighted by atomic mass is 16.6. The summed E-state index contributed by atoms with van der Waals surface area (Å²) < 4.78 is 4.95. The number of rotatable bonds is 6. The molecule has 0 aliphatic heterocycles. The van der Waals surface area contributed by atoms with Crippen LogP contribution >= 0.6 is 0 Å². The van der Waals surface area contributed by atoms with Gasteiger partial charge in [0.05, 0.1) is 24.2 Å². The molecular formula is C17H17N3O4. The summed E-state index contributed by atoms with van der Waals surface area (Å²) in [6.07, 6.45) is 0.209. The quantitative estimate of drug-likeness (QED) is 0.501. The molecule has 7 heteroatoms. The van der Waals surface area contributed by atoms with Gasteiger partial charge >= 0.3 is 5.69 Å². The molecule has 1 amide bonds. The highest BCUT2D eigenvalue weighted by Gasteiger charge is 2.16. The topological polar surface area (TPSA) is 93.8 Å². The Morgan fingerprint density at radius 1 is 1.25 bits per heavy atom. The molecule has 0 spiro atoms. The fourth-order valence-electron chi connectivity index (χ4n) is 2.09. The Hall–Kier alpha value is -3.22. The van der Waals surface area contributed by atoms with Crippen molar-refractivity contribution >= 4 is 17.3 Å². The molecule has 124 valence electrons. The lowest BCUT2D eigenvalue weighted by Crippen LogP contribution is -2.21. The first-order valence-electron chi connectivity index (χ1n) is 7.21. The van der Waals surface area contributed by atoms with Gasteiger partial charge in [-0.2, -0.15) is 5.10 Å². The fourth-order valence-corrected chi connectivity index (χ4v) is 2.09. The number of methoxy groups -OCH3 is 1. The van der Waals surface area contributed by atoms with Crippen molar-refractivity contribution in [1.82, 2.24) is 5.43 Å². The second-order valence-corrected chi connectivity index (χ2v) is 5.04. The number of carbonyl (C=O) groups excluding carboxylic acids is 1. The summed E-state index contributed by atoms with van der Waals surface area (Å²) in [5, 5.41) is 15.0. The zero-order chi connectivity index (χ0) is 17.5. The summed E-state index contributed by atoms with van der Waals surface area (Å²) in [5.74, 6) is -0.0896. The van der Waals surface area contributed by atoms with Gasteiger partial charge in [0, 0.05) is 11.6 Å². The molecule has 0 radical (unpaired) electrons. The number of ether oxygens (including phenoxy) is 1. The van der Waals surface area contributed by atoms with E-state index in [0.29, 0.717) is 11.3 Å². The van der Waals surface area contributed by atoms with Crippen molar-refractivity contribution in [3.05, 3.63) is 69.8 Å². The number of amides is 1. The number of nitro groups is 1. The maximum absolute atomic E-state index is 11.9. The van der Waals surface area contributed by atoms with Crippen molar-refractivity contribution in [2.45, 2.75) is 13.3 Å². The monoisotopic (exact) mass is 327 g/mol. The normalized spacial score (nSPS) is 11.0. The number of nitrogens with zero attached hydrogens (tertiary/aromatic N) is 2. The van der Waals surface area contributed by atoms with Gasteiger partial charge < -0.3 is 4.74 Å². The summed E-state index contributed by atoms with van der Waals surface area (Å²) in [5.41, 5.74) is 4.17. The lowest BCUT2D eigenvalue weighted by molar-refractivity contribution is -0.385. The van der Waals surface area contributed by atoms with Crippen LogP contribution in [0, 0.1) is 10.1 Å². The highest BCUT2D eigenvalue weighted by Crippen LogP contribution is 2.27. The van der Waals surface area contributed by atoms with Crippen LogP contribution in [0.25, 0.3) is 0 Å². The van der Waals surface area contributed by atoms with Crippen LogP contribution in [-0.2, 0) is 11.2 Å². The second-order valence-electron chi connectivity index (χ2n) is 5.04. The predicted octanol–water partition coefficient (Wildman–Crippen LogP) is 2.69. The zero-order valence-electron chi connectivity index (χ0n) is 13.4. The van der Waals surface area contributed by atoms with Crippen molar-refractivity contribution < 1.29 is 14.5 Å². The van der Waals surface area contributed by atoms with E-state index >= 15 is 0 Å². The lowest BCUT2D eigenvalue weighted by Gasteiger charge is -2.06. The van der Waals surface area contributed by atoms with Crippen LogP contribution in [0.5, 0.6) is 5.75 Å². The van der Waals surface area contributed by atoms with Gasteiger partial charge in [-0.15, -0.1) is 0 Å². The van der Waals surface area contributed by atoms with E-state index in [-0.39, 0.29) is 23.8 Å². The highest BCUT2D eigenvalue weighted by molar-refractivity contribution is 6.00. The third kappa shape index (κ3) is 4.39. The van der Waals surface area contributed by atoms with E-state index in [2.05, 4.69) is 10.5 Å². The molecule has 0 saturated heterocycles. The van der Waals surface area contributed by atoms with Gasteiger partial charge in [-0.3, -0.25) is 14.9 Å². The molecule has 0 atom stereocenters. The molecule has 0 fully saturated rings. The van der Waals surface area contributed by atoms with E-state index in [9.17, 15) is 14.9 Å². The van der Waals surface area contributed by atoms with E-state index in [1.54, 1.807) is 13.0 Å². The molecule has 0 heterocycles. The molecule has 2 aromatic rings. The summed E-state index contributed by atoms with van der Waals surface area (Å²) in [6.45, 7) is 1.66. The van der Waals surface area contributed by atoms with Gasteiger partial charge in [0.2, 0.25) is 5.91 Å². The Morgan fingerprint density at radius 2 is 1.96 bits per heavy atom. The number of benzene rings is 2. The molecule has 24 heavy (non-hydrogen) atoms.